The molecule has 1 aliphatic heterocycles. The average molecular weight is 293 g/mol. The van der Waals surface area contributed by atoms with Gasteiger partial charge in [-0.05, 0) is 0 Å². The first-order valence-corrected chi connectivity index (χ1v) is 6.01. The third-order valence-corrected chi connectivity index (χ3v) is 3.07. The van der Waals surface area contributed by atoms with Crippen molar-refractivity contribution in [1.82, 2.24) is 0 Å². The van der Waals surface area contributed by atoms with Crippen LogP contribution >= 0.6 is 0 Å². The van der Waals surface area contributed by atoms with E-state index in [-0.39, 0.29) is 0 Å². The van der Waals surface area contributed by atoms with E-state index in [0.29, 0.717) is 0 Å². The molecule has 116 valence electrons. The van der Waals surface area contributed by atoms with Crippen LogP contribution in [-0.2, 0) is 9.47 Å². The number of nitriles is 1. The summed E-state index contributed by atoms with van der Waals surface area (Å²) in [6.07, 6.45) is -7.65. The maximum atomic E-state index is 9.78. The van der Waals surface area contributed by atoms with Crippen LogP contribution in [0.5, 0.6) is 0 Å². The summed E-state index contributed by atoms with van der Waals surface area (Å²) in [4.78, 5) is 0. The van der Waals surface area contributed by atoms with E-state index in [4.69, 9.17) is 24.9 Å². The molecule has 6 N–H and O–H groups in total. The second-order valence-electron chi connectivity index (χ2n) is 4.73. The first kappa shape index (κ1) is 17.2. The quantitative estimate of drug-likeness (QED) is 0.291. The normalized spacial score (nSPS) is 37.1. The smallest absolute Gasteiger partial charge is 0.186 e. The molecule has 1 heterocycles. The van der Waals surface area contributed by atoms with Gasteiger partial charge >= 0.3 is 0 Å². The maximum Gasteiger partial charge on any atom is 0.186 e. The third kappa shape index (κ3) is 3.85. The van der Waals surface area contributed by atoms with E-state index < -0.39 is 62.5 Å². The minimum absolute atomic E-state index is 0.402. The lowest BCUT2D eigenvalue weighted by Crippen LogP contribution is -2.59. The number of nitrogens with zero attached hydrogens (tertiary/aromatic N) is 1. The van der Waals surface area contributed by atoms with Crippen molar-refractivity contribution >= 4 is 0 Å². The number of aliphatic hydroxyl groups excluding tert-OH is 5. The average Bonchev–Trinajstić information content (AvgIpc) is 2.44. The lowest BCUT2D eigenvalue weighted by Gasteiger charge is -2.40. The number of aliphatic hydroxyl groups is 6. The molecule has 9 nitrogen and oxygen atoms in total. The zero-order valence-corrected chi connectivity index (χ0v) is 10.7. The zero-order chi connectivity index (χ0) is 15.3. The fourth-order valence-corrected chi connectivity index (χ4v) is 1.74. The van der Waals surface area contributed by atoms with Crippen molar-refractivity contribution in [2.24, 2.45) is 0 Å². The molecule has 0 spiro atoms. The molecular weight excluding hydrogens is 274 g/mol. The molecule has 0 bridgehead atoms. The van der Waals surface area contributed by atoms with Crippen LogP contribution in [0.1, 0.15) is 6.42 Å². The van der Waals surface area contributed by atoms with Gasteiger partial charge in [0.15, 0.2) is 6.29 Å². The van der Waals surface area contributed by atoms with Gasteiger partial charge < -0.3 is 40.1 Å². The van der Waals surface area contributed by atoms with E-state index in [2.05, 4.69) is 0 Å². The van der Waals surface area contributed by atoms with Crippen molar-refractivity contribution in [2.75, 3.05) is 19.8 Å². The van der Waals surface area contributed by atoms with Crippen LogP contribution in [0.3, 0.4) is 0 Å². The van der Waals surface area contributed by atoms with Gasteiger partial charge in [-0.25, -0.2) is 0 Å². The number of rotatable bonds is 6. The highest BCUT2D eigenvalue weighted by atomic mass is 16.7. The minimum Gasteiger partial charge on any atom is -0.394 e. The Morgan fingerprint density at radius 1 is 1.15 bits per heavy atom. The molecule has 0 saturated carbocycles. The molecule has 1 rings (SSSR count). The molecule has 0 aliphatic carbocycles. The van der Waals surface area contributed by atoms with E-state index in [0.717, 1.165) is 0 Å². The highest BCUT2D eigenvalue weighted by Crippen LogP contribution is 2.23. The van der Waals surface area contributed by atoms with Crippen LogP contribution in [0.4, 0.5) is 0 Å². The van der Waals surface area contributed by atoms with Gasteiger partial charge in [0, 0.05) is 0 Å². The van der Waals surface area contributed by atoms with Crippen LogP contribution in [0.25, 0.3) is 0 Å². The predicted molar refractivity (Wildman–Crippen MR) is 62.0 cm³/mol. The summed E-state index contributed by atoms with van der Waals surface area (Å²) in [5.74, 6) is 0. The number of hydrogen-bond acceptors (Lipinski definition) is 9. The van der Waals surface area contributed by atoms with Crippen molar-refractivity contribution in [3.8, 4) is 6.07 Å². The summed E-state index contributed by atoms with van der Waals surface area (Å²) in [5.41, 5.74) is -1.83. The first-order valence-electron chi connectivity index (χ1n) is 6.01. The summed E-state index contributed by atoms with van der Waals surface area (Å²) in [7, 11) is 0. The summed E-state index contributed by atoms with van der Waals surface area (Å²) in [5, 5.41) is 65.0. The van der Waals surface area contributed by atoms with Gasteiger partial charge in [-0.15, -0.1) is 0 Å². The van der Waals surface area contributed by atoms with Gasteiger partial charge in [0.25, 0.3) is 0 Å². The molecule has 6 atom stereocenters. The third-order valence-electron chi connectivity index (χ3n) is 3.07. The summed E-state index contributed by atoms with van der Waals surface area (Å²) >= 11 is 0. The van der Waals surface area contributed by atoms with Crippen molar-refractivity contribution < 1.29 is 40.1 Å². The standard InChI is InChI=1S/C11H19NO8/c12-2-1-11(18,4-14)5-19-10-9(17)8(16)7(15)6(3-13)20-10/h6-10,13-18H,1,3-5H2/t6-,7-,8+,9-,10-,11+/m1/s1. The molecule has 0 aromatic heterocycles. The molecule has 20 heavy (non-hydrogen) atoms. The Hall–Kier alpha value is -0.830. The largest absolute Gasteiger partial charge is 0.394 e. The molecule has 9 heteroatoms. The van der Waals surface area contributed by atoms with Gasteiger partial charge in [-0.1, -0.05) is 0 Å². The van der Waals surface area contributed by atoms with E-state index in [1.807, 2.05) is 0 Å². The lowest BCUT2D eigenvalue weighted by molar-refractivity contribution is -0.309. The monoisotopic (exact) mass is 293 g/mol. The molecule has 1 aliphatic rings. The molecule has 1 fully saturated rings. The fraction of sp³-hybridized carbons (Fsp3) is 0.909. The molecule has 0 aromatic carbocycles. The first-order chi connectivity index (χ1) is 9.38. The Labute approximate surface area is 115 Å². The van der Waals surface area contributed by atoms with Gasteiger partial charge in [0.2, 0.25) is 0 Å². The summed E-state index contributed by atoms with van der Waals surface area (Å²) < 4.78 is 10.1. The van der Waals surface area contributed by atoms with Crippen LogP contribution in [0, 0.1) is 11.3 Å². The van der Waals surface area contributed by atoms with E-state index in [1.54, 1.807) is 6.07 Å². The Morgan fingerprint density at radius 3 is 2.30 bits per heavy atom. The molecule has 0 radical (unpaired) electrons. The highest BCUT2D eigenvalue weighted by Gasteiger charge is 2.44. The highest BCUT2D eigenvalue weighted by molar-refractivity contribution is 4.91. The predicted octanol–water partition coefficient (Wildman–Crippen LogP) is -3.56. The Morgan fingerprint density at radius 2 is 1.80 bits per heavy atom. The zero-order valence-electron chi connectivity index (χ0n) is 10.7. The number of hydrogen-bond donors (Lipinski definition) is 6. The van der Waals surface area contributed by atoms with E-state index >= 15 is 0 Å². The molecule has 0 aromatic rings. The van der Waals surface area contributed by atoms with Crippen molar-refractivity contribution in [2.45, 2.75) is 42.7 Å². The molecular formula is C11H19NO8. The van der Waals surface area contributed by atoms with Crippen LogP contribution < -0.4 is 0 Å². The Bertz CT molecular complexity index is 346. The van der Waals surface area contributed by atoms with Crippen molar-refractivity contribution in [1.29, 1.82) is 5.26 Å². The van der Waals surface area contributed by atoms with Gasteiger partial charge in [0.1, 0.15) is 30.0 Å². The lowest BCUT2D eigenvalue weighted by atomic mass is 9.99. The second kappa shape index (κ2) is 7.26. The van der Waals surface area contributed by atoms with Crippen LogP contribution in [-0.4, -0.2) is 86.8 Å². The topological polar surface area (TPSA) is 164 Å². The SMILES string of the molecule is N#CC[C@](O)(CO)CO[C@@H]1O[C@H](CO)[C@@H](O)[C@H](O)[C@H]1O. The van der Waals surface area contributed by atoms with E-state index in [9.17, 15) is 20.4 Å². The fourth-order valence-electron chi connectivity index (χ4n) is 1.74. The van der Waals surface area contributed by atoms with Crippen molar-refractivity contribution in [3.63, 3.8) is 0 Å². The van der Waals surface area contributed by atoms with Crippen LogP contribution in [0.15, 0.2) is 0 Å². The Balaban J connectivity index is 2.64. The second-order valence-corrected chi connectivity index (χ2v) is 4.73. The summed E-state index contributed by atoms with van der Waals surface area (Å²) in [6, 6.07) is 1.67. The molecule has 0 unspecified atom stereocenters. The maximum absolute atomic E-state index is 9.78. The van der Waals surface area contributed by atoms with Gasteiger partial charge in [-0.2, -0.15) is 5.26 Å². The Kier molecular flexibility index (Phi) is 6.25. The van der Waals surface area contributed by atoms with Crippen LogP contribution in [0.2, 0.25) is 0 Å². The molecule has 0 amide bonds. The number of ether oxygens (including phenoxy) is 2. The minimum atomic E-state index is -1.83. The van der Waals surface area contributed by atoms with Gasteiger partial charge in [-0.3, -0.25) is 0 Å². The summed E-state index contributed by atoms with van der Waals surface area (Å²) in [6.45, 7) is -1.87. The van der Waals surface area contributed by atoms with E-state index in [1.165, 1.54) is 0 Å². The molecule has 1 saturated heterocycles. The van der Waals surface area contributed by atoms with Gasteiger partial charge in [0.05, 0.1) is 32.3 Å². The van der Waals surface area contributed by atoms with Crippen molar-refractivity contribution in [3.05, 3.63) is 0 Å².